The zero-order valence-corrected chi connectivity index (χ0v) is 21.3. The van der Waals surface area contributed by atoms with Crippen molar-refractivity contribution in [2.24, 2.45) is 11.0 Å². The lowest BCUT2D eigenvalue weighted by Gasteiger charge is -2.19. The van der Waals surface area contributed by atoms with E-state index in [1.165, 1.54) is 6.21 Å². The van der Waals surface area contributed by atoms with Crippen LogP contribution in [-0.4, -0.2) is 36.8 Å². The zero-order chi connectivity index (χ0) is 24.4. The largest absolute Gasteiger partial charge is 0.490 e. The number of rotatable bonds is 11. The maximum atomic E-state index is 12.7. The number of halogens is 1. The molecule has 1 atom stereocenters. The fourth-order valence-corrected chi connectivity index (χ4v) is 3.49. The predicted molar refractivity (Wildman–Crippen MR) is 134 cm³/mol. The summed E-state index contributed by atoms with van der Waals surface area (Å²) in [6.45, 7) is 9.62. The normalized spacial score (nSPS) is 12.1. The minimum absolute atomic E-state index is 0.0651. The smallest absolute Gasteiger partial charge is 0.262 e. The fourth-order valence-electron chi connectivity index (χ4n) is 3.00. The van der Waals surface area contributed by atoms with Crippen LogP contribution in [0, 0.1) is 12.8 Å². The number of carbonyl (C=O) groups is 2. The standard InChI is InChI=1S/C25H32BrN3O4/c1-16(2)12-21(28-24(30)15-32-22-9-7-6-8-18(22)5)25(31)29-27-14-19-10-11-23(20(26)13-19)33-17(3)4/h6-11,13-14,16-17,21H,12,15H2,1-5H3,(H,28,30)(H,29,31)/b27-14-/t21-/m1/s1. The van der Waals surface area contributed by atoms with Crippen molar-refractivity contribution in [1.82, 2.24) is 10.7 Å². The first-order chi connectivity index (χ1) is 15.7. The first-order valence-corrected chi connectivity index (χ1v) is 11.7. The number of hydrazone groups is 1. The molecule has 2 N–H and O–H groups in total. The van der Waals surface area contributed by atoms with Crippen LogP contribution in [0.15, 0.2) is 52.0 Å². The lowest BCUT2D eigenvalue weighted by molar-refractivity contribution is -0.130. The van der Waals surface area contributed by atoms with Gasteiger partial charge in [-0.05, 0) is 84.4 Å². The molecule has 0 aromatic heterocycles. The van der Waals surface area contributed by atoms with Gasteiger partial charge in [-0.15, -0.1) is 0 Å². The number of amides is 2. The number of para-hydroxylation sites is 1. The molecule has 0 spiro atoms. The second-order valence-corrected chi connectivity index (χ2v) is 9.25. The molecule has 0 heterocycles. The Kier molecular flexibility index (Phi) is 10.4. The lowest BCUT2D eigenvalue weighted by atomic mass is 10.0. The molecule has 7 nitrogen and oxygen atoms in total. The van der Waals surface area contributed by atoms with Gasteiger partial charge in [0.05, 0.1) is 16.8 Å². The van der Waals surface area contributed by atoms with Gasteiger partial charge in [0.2, 0.25) is 0 Å². The third-order valence-electron chi connectivity index (χ3n) is 4.52. The highest BCUT2D eigenvalue weighted by molar-refractivity contribution is 9.10. The van der Waals surface area contributed by atoms with Gasteiger partial charge in [0.15, 0.2) is 6.61 Å². The van der Waals surface area contributed by atoms with E-state index >= 15 is 0 Å². The summed E-state index contributed by atoms with van der Waals surface area (Å²) >= 11 is 3.48. The summed E-state index contributed by atoms with van der Waals surface area (Å²) in [6, 6.07) is 12.3. The summed E-state index contributed by atoms with van der Waals surface area (Å²) < 4.78 is 12.1. The molecule has 0 aliphatic carbocycles. The van der Waals surface area contributed by atoms with E-state index in [9.17, 15) is 9.59 Å². The van der Waals surface area contributed by atoms with Crippen LogP contribution in [0.5, 0.6) is 11.5 Å². The molecule has 0 bridgehead atoms. The number of nitrogens with one attached hydrogen (secondary N) is 2. The third kappa shape index (κ3) is 9.26. The monoisotopic (exact) mass is 517 g/mol. The van der Waals surface area contributed by atoms with Crippen LogP contribution in [0.1, 0.15) is 45.2 Å². The topological polar surface area (TPSA) is 89.0 Å². The van der Waals surface area contributed by atoms with E-state index in [-0.39, 0.29) is 30.4 Å². The molecule has 2 amide bonds. The van der Waals surface area contributed by atoms with Gasteiger partial charge in [-0.1, -0.05) is 32.0 Å². The summed E-state index contributed by atoms with van der Waals surface area (Å²) in [6.07, 6.45) is 2.08. The fraction of sp³-hybridized carbons (Fsp3) is 0.400. The number of ether oxygens (including phenoxy) is 2. The van der Waals surface area contributed by atoms with Crippen LogP contribution in [0.3, 0.4) is 0 Å². The van der Waals surface area contributed by atoms with E-state index in [2.05, 4.69) is 31.8 Å². The highest BCUT2D eigenvalue weighted by Gasteiger charge is 2.22. The van der Waals surface area contributed by atoms with Crippen molar-refractivity contribution < 1.29 is 19.1 Å². The zero-order valence-electron chi connectivity index (χ0n) is 19.7. The summed E-state index contributed by atoms with van der Waals surface area (Å²) in [4.78, 5) is 25.1. The van der Waals surface area contributed by atoms with E-state index in [1.807, 2.05) is 71.0 Å². The van der Waals surface area contributed by atoms with Crippen molar-refractivity contribution in [2.75, 3.05) is 6.61 Å². The first kappa shape index (κ1) is 26.4. The molecule has 0 radical (unpaired) electrons. The van der Waals surface area contributed by atoms with Crippen LogP contribution in [0.25, 0.3) is 0 Å². The van der Waals surface area contributed by atoms with Gasteiger partial charge in [-0.25, -0.2) is 5.43 Å². The third-order valence-corrected chi connectivity index (χ3v) is 5.14. The van der Waals surface area contributed by atoms with Crippen molar-refractivity contribution in [1.29, 1.82) is 0 Å². The Morgan fingerprint density at radius 2 is 1.82 bits per heavy atom. The molecule has 0 aliphatic rings. The molecule has 178 valence electrons. The summed E-state index contributed by atoms with van der Waals surface area (Å²) in [5, 5.41) is 6.79. The number of hydrogen-bond acceptors (Lipinski definition) is 5. The Hall–Kier alpha value is -2.87. The molecule has 0 unspecified atom stereocenters. The van der Waals surface area contributed by atoms with E-state index in [4.69, 9.17) is 9.47 Å². The Morgan fingerprint density at radius 1 is 1.09 bits per heavy atom. The van der Waals surface area contributed by atoms with Crippen LogP contribution >= 0.6 is 15.9 Å². The minimum Gasteiger partial charge on any atom is -0.490 e. The summed E-state index contributed by atoms with van der Waals surface area (Å²) in [5.74, 6) is 0.819. The molecule has 33 heavy (non-hydrogen) atoms. The van der Waals surface area contributed by atoms with Crippen LogP contribution in [0.4, 0.5) is 0 Å². The molecule has 2 aromatic carbocycles. The maximum Gasteiger partial charge on any atom is 0.262 e. The molecule has 0 fully saturated rings. The second kappa shape index (κ2) is 13.0. The number of hydrogen-bond donors (Lipinski definition) is 2. The van der Waals surface area contributed by atoms with Gasteiger partial charge in [-0.2, -0.15) is 5.10 Å². The van der Waals surface area contributed by atoms with E-state index in [1.54, 1.807) is 6.07 Å². The Bertz CT molecular complexity index is 976. The molecule has 2 rings (SSSR count). The average molecular weight is 518 g/mol. The van der Waals surface area contributed by atoms with Gasteiger partial charge < -0.3 is 14.8 Å². The van der Waals surface area contributed by atoms with Gasteiger partial charge in [0, 0.05) is 0 Å². The molecular formula is C25H32BrN3O4. The van der Waals surface area contributed by atoms with Crippen molar-refractivity contribution in [3.05, 3.63) is 58.1 Å². The Balaban J connectivity index is 1.94. The molecule has 0 saturated carbocycles. The van der Waals surface area contributed by atoms with E-state index < -0.39 is 6.04 Å². The predicted octanol–water partition coefficient (Wildman–Crippen LogP) is 4.60. The number of benzene rings is 2. The van der Waals surface area contributed by atoms with Crippen molar-refractivity contribution in [3.63, 3.8) is 0 Å². The minimum atomic E-state index is -0.719. The molecule has 2 aromatic rings. The van der Waals surface area contributed by atoms with Crippen molar-refractivity contribution in [2.45, 2.75) is 53.2 Å². The van der Waals surface area contributed by atoms with Gasteiger partial charge in [0.25, 0.3) is 11.8 Å². The quantitative estimate of drug-likeness (QED) is 0.336. The van der Waals surface area contributed by atoms with Crippen LogP contribution in [-0.2, 0) is 9.59 Å². The SMILES string of the molecule is Cc1ccccc1OCC(=O)N[C@H](CC(C)C)C(=O)N/N=C\c1ccc(OC(C)C)c(Br)c1. The second-order valence-electron chi connectivity index (χ2n) is 8.39. The molecule has 0 saturated heterocycles. The summed E-state index contributed by atoms with van der Waals surface area (Å²) in [7, 11) is 0. The van der Waals surface area contributed by atoms with E-state index in [0.717, 1.165) is 21.3 Å². The van der Waals surface area contributed by atoms with Crippen molar-refractivity contribution in [3.8, 4) is 11.5 Å². The number of aryl methyl sites for hydroxylation is 1. The number of carbonyl (C=O) groups excluding carboxylic acids is 2. The van der Waals surface area contributed by atoms with Crippen LogP contribution < -0.4 is 20.2 Å². The molecule has 0 aliphatic heterocycles. The Labute approximate surface area is 204 Å². The maximum absolute atomic E-state index is 12.7. The summed E-state index contributed by atoms with van der Waals surface area (Å²) in [5.41, 5.74) is 4.24. The van der Waals surface area contributed by atoms with Crippen LogP contribution in [0.2, 0.25) is 0 Å². The highest BCUT2D eigenvalue weighted by Crippen LogP contribution is 2.26. The van der Waals surface area contributed by atoms with E-state index in [0.29, 0.717) is 12.2 Å². The van der Waals surface area contributed by atoms with Gasteiger partial charge in [-0.3, -0.25) is 9.59 Å². The van der Waals surface area contributed by atoms with Gasteiger partial charge in [0.1, 0.15) is 17.5 Å². The number of nitrogens with zero attached hydrogens (tertiary/aromatic N) is 1. The highest BCUT2D eigenvalue weighted by atomic mass is 79.9. The molecule has 8 heteroatoms. The average Bonchev–Trinajstić information content (AvgIpc) is 2.74. The lowest BCUT2D eigenvalue weighted by Crippen LogP contribution is -2.47. The van der Waals surface area contributed by atoms with Crippen molar-refractivity contribution >= 4 is 34.0 Å². The first-order valence-electron chi connectivity index (χ1n) is 10.9. The molecular weight excluding hydrogens is 486 g/mol. The van der Waals surface area contributed by atoms with Gasteiger partial charge >= 0.3 is 0 Å². The Morgan fingerprint density at radius 3 is 2.45 bits per heavy atom.